The molecular formula is C11H8Cl2NO. The lowest BCUT2D eigenvalue weighted by Crippen LogP contribution is -1.92. The van der Waals surface area contributed by atoms with Crippen molar-refractivity contribution in [3.8, 4) is 11.6 Å². The second-order valence-corrected chi connectivity index (χ2v) is 3.80. The normalized spacial score (nSPS) is 10.3. The Balaban J connectivity index is 2.33. The van der Waals surface area contributed by atoms with E-state index in [-0.39, 0.29) is 0 Å². The Bertz CT molecular complexity index is 479. The zero-order valence-electron chi connectivity index (χ0n) is 8.00. The van der Waals surface area contributed by atoms with Gasteiger partial charge in [0.1, 0.15) is 10.8 Å². The largest absolute Gasteiger partial charge is 0.439 e. The summed E-state index contributed by atoms with van der Waals surface area (Å²) in [4.78, 5) is 0. The Kier molecular flexibility index (Phi) is 2.89. The fourth-order valence-electron chi connectivity index (χ4n) is 1.17. The summed E-state index contributed by atoms with van der Waals surface area (Å²) in [5.41, 5.74) is 0. The van der Waals surface area contributed by atoms with Crippen LogP contribution in [-0.2, 0) is 7.05 Å². The highest BCUT2D eigenvalue weighted by Crippen LogP contribution is 2.34. The number of hydrogen-bond acceptors (Lipinski definition) is 1. The van der Waals surface area contributed by atoms with Crippen LogP contribution in [0, 0.1) is 6.20 Å². The van der Waals surface area contributed by atoms with Crippen molar-refractivity contribution in [1.82, 2.24) is 4.57 Å². The lowest BCUT2D eigenvalue weighted by molar-refractivity contribution is 0.443. The third-order valence-electron chi connectivity index (χ3n) is 1.96. The van der Waals surface area contributed by atoms with Crippen molar-refractivity contribution in [2.75, 3.05) is 0 Å². The maximum Gasteiger partial charge on any atom is 0.200 e. The molecule has 0 N–H and O–H groups in total. The summed E-state index contributed by atoms with van der Waals surface area (Å²) in [7, 11) is 1.84. The molecule has 0 atom stereocenters. The summed E-state index contributed by atoms with van der Waals surface area (Å²) in [5, 5.41) is 0.896. The van der Waals surface area contributed by atoms with Crippen molar-refractivity contribution in [3.63, 3.8) is 0 Å². The molecule has 2 nitrogen and oxygen atoms in total. The second-order valence-electron chi connectivity index (χ2n) is 3.01. The van der Waals surface area contributed by atoms with Crippen LogP contribution in [0.2, 0.25) is 10.0 Å². The molecule has 4 heteroatoms. The molecule has 1 aromatic heterocycles. The molecule has 0 saturated heterocycles. The molecule has 0 fully saturated rings. The summed E-state index contributed by atoms with van der Waals surface area (Å²) in [6.07, 6.45) is 2.94. The molecule has 0 aliphatic carbocycles. The van der Waals surface area contributed by atoms with E-state index in [1.54, 1.807) is 34.9 Å². The Morgan fingerprint density at radius 3 is 2.73 bits per heavy atom. The van der Waals surface area contributed by atoms with E-state index in [2.05, 4.69) is 6.20 Å². The van der Waals surface area contributed by atoms with Gasteiger partial charge in [-0.05, 0) is 18.2 Å². The maximum atomic E-state index is 5.99. The van der Waals surface area contributed by atoms with E-state index in [9.17, 15) is 0 Å². The summed E-state index contributed by atoms with van der Waals surface area (Å²) in [6.45, 7) is 0. The monoisotopic (exact) mass is 240 g/mol. The average Bonchev–Trinajstić information content (AvgIpc) is 2.60. The molecule has 2 rings (SSSR count). The van der Waals surface area contributed by atoms with Crippen molar-refractivity contribution < 1.29 is 4.74 Å². The highest BCUT2D eigenvalue weighted by molar-refractivity contribution is 6.42. The minimum atomic E-state index is 0.417. The standard InChI is InChI=1S/C11H8Cl2NO/c1-14-7-3-6-10(14)15-9-5-2-4-8(12)11(9)13/h2-6H,1H3. The second kappa shape index (κ2) is 4.17. The third kappa shape index (κ3) is 2.11. The molecule has 0 bridgehead atoms. The highest BCUT2D eigenvalue weighted by atomic mass is 35.5. The number of nitrogens with zero attached hydrogens (tertiary/aromatic N) is 1. The van der Waals surface area contributed by atoms with Crippen molar-refractivity contribution in [3.05, 3.63) is 46.6 Å². The molecule has 1 aromatic carbocycles. The van der Waals surface area contributed by atoms with E-state index in [0.29, 0.717) is 21.7 Å². The van der Waals surface area contributed by atoms with Gasteiger partial charge in [0.15, 0.2) is 5.88 Å². The third-order valence-corrected chi connectivity index (χ3v) is 2.76. The molecule has 1 radical (unpaired) electrons. The van der Waals surface area contributed by atoms with Crippen LogP contribution in [0.15, 0.2) is 30.3 Å². The van der Waals surface area contributed by atoms with Gasteiger partial charge in [0, 0.05) is 13.1 Å². The van der Waals surface area contributed by atoms with Crippen LogP contribution in [-0.4, -0.2) is 4.57 Å². The summed E-state index contributed by atoms with van der Waals surface area (Å²) in [5.74, 6) is 1.21. The molecular weight excluding hydrogens is 233 g/mol. The van der Waals surface area contributed by atoms with Crippen molar-refractivity contribution in [1.29, 1.82) is 0 Å². The van der Waals surface area contributed by atoms with Crippen molar-refractivity contribution >= 4 is 23.2 Å². The van der Waals surface area contributed by atoms with E-state index in [0.717, 1.165) is 0 Å². The predicted octanol–water partition coefficient (Wildman–Crippen LogP) is 3.92. The number of aryl methyl sites for hydroxylation is 1. The van der Waals surface area contributed by atoms with E-state index in [1.165, 1.54) is 0 Å². The lowest BCUT2D eigenvalue weighted by atomic mass is 10.3. The minimum absolute atomic E-state index is 0.417. The Morgan fingerprint density at radius 2 is 2.07 bits per heavy atom. The van der Waals surface area contributed by atoms with Crippen LogP contribution in [0.25, 0.3) is 0 Å². The quantitative estimate of drug-likeness (QED) is 0.777. The van der Waals surface area contributed by atoms with Crippen LogP contribution in [0.5, 0.6) is 11.6 Å². The molecule has 0 amide bonds. The molecule has 1 heterocycles. The van der Waals surface area contributed by atoms with Crippen LogP contribution in [0.4, 0.5) is 0 Å². The van der Waals surface area contributed by atoms with Crippen LogP contribution >= 0.6 is 23.2 Å². The molecule has 0 aliphatic rings. The van der Waals surface area contributed by atoms with Gasteiger partial charge in [-0.2, -0.15) is 0 Å². The molecule has 0 spiro atoms. The first-order chi connectivity index (χ1) is 7.18. The summed E-state index contributed by atoms with van der Waals surface area (Å²) < 4.78 is 7.31. The van der Waals surface area contributed by atoms with Gasteiger partial charge in [0.25, 0.3) is 0 Å². The summed E-state index contributed by atoms with van der Waals surface area (Å²) in [6, 6.07) is 8.84. The minimum Gasteiger partial charge on any atom is -0.439 e. The van der Waals surface area contributed by atoms with Gasteiger partial charge in [-0.15, -0.1) is 0 Å². The average molecular weight is 241 g/mol. The van der Waals surface area contributed by atoms with Crippen molar-refractivity contribution in [2.45, 2.75) is 0 Å². The number of halogens is 2. The lowest BCUT2D eigenvalue weighted by Gasteiger charge is -2.08. The first-order valence-corrected chi connectivity index (χ1v) is 5.09. The fraction of sp³-hybridized carbons (Fsp3) is 0.0909. The van der Waals surface area contributed by atoms with Gasteiger partial charge in [-0.25, -0.2) is 0 Å². The zero-order chi connectivity index (χ0) is 10.8. The van der Waals surface area contributed by atoms with Gasteiger partial charge >= 0.3 is 0 Å². The number of benzene rings is 1. The summed E-state index contributed by atoms with van der Waals surface area (Å²) >= 11 is 11.9. The number of hydrogen-bond donors (Lipinski definition) is 0. The molecule has 0 unspecified atom stereocenters. The Labute approximate surface area is 98.0 Å². The zero-order valence-corrected chi connectivity index (χ0v) is 9.51. The van der Waals surface area contributed by atoms with E-state index >= 15 is 0 Å². The molecule has 15 heavy (non-hydrogen) atoms. The van der Waals surface area contributed by atoms with Gasteiger partial charge in [-0.1, -0.05) is 29.3 Å². The smallest absolute Gasteiger partial charge is 0.200 e. The van der Waals surface area contributed by atoms with Gasteiger partial charge < -0.3 is 9.30 Å². The van der Waals surface area contributed by atoms with E-state index in [1.807, 2.05) is 7.05 Å². The number of aromatic nitrogens is 1. The highest BCUT2D eigenvalue weighted by Gasteiger charge is 2.07. The molecule has 77 valence electrons. The number of ether oxygens (including phenoxy) is 1. The van der Waals surface area contributed by atoms with E-state index in [4.69, 9.17) is 27.9 Å². The van der Waals surface area contributed by atoms with Gasteiger partial charge in [0.05, 0.1) is 11.2 Å². The SMILES string of the molecule is Cn1[c]ccc1Oc1cccc(Cl)c1Cl. The molecule has 2 aromatic rings. The maximum absolute atomic E-state index is 5.99. The van der Waals surface area contributed by atoms with Crippen molar-refractivity contribution in [2.24, 2.45) is 7.05 Å². The van der Waals surface area contributed by atoms with Crippen LogP contribution < -0.4 is 4.74 Å². The first kappa shape index (κ1) is 10.4. The first-order valence-electron chi connectivity index (χ1n) is 4.34. The molecule has 0 aliphatic heterocycles. The van der Waals surface area contributed by atoms with Gasteiger partial charge in [-0.3, -0.25) is 0 Å². The van der Waals surface area contributed by atoms with Crippen LogP contribution in [0.3, 0.4) is 0 Å². The Hall–Kier alpha value is -1.12. The van der Waals surface area contributed by atoms with Gasteiger partial charge in [0.2, 0.25) is 0 Å². The Morgan fingerprint density at radius 1 is 1.27 bits per heavy atom. The molecule has 0 saturated carbocycles. The van der Waals surface area contributed by atoms with Crippen LogP contribution in [0.1, 0.15) is 0 Å². The predicted molar refractivity (Wildman–Crippen MR) is 60.8 cm³/mol. The van der Waals surface area contributed by atoms with E-state index < -0.39 is 0 Å². The number of rotatable bonds is 2. The fourth-order valence-corrected chi connectivity index (χ4v) is 1.50. The topological polar surface area (TPSA) is 14.2 Å².